The highest BCUT2D eigenvalue weighted by atomic mass is 35.5. The molecule has 0 amide bonds. The number of rotatable bonds is 6. The average Bonchev–Trinajstić information content (AvgIpc) is 3.29. The topological polar surface area (TPSA) is 74.0 Å². The molecule has 7 nitrogen and oxygen atoms in total. The molecule has 0 saturated heterocycles. The summed E-state index contributed by atoms with van der Waals surface area (Å²) in [4.78, 5) is 19.0. The molecule has 0 radical (unpaired) electrons. The maximum absolute atomic E-state index is 13.7. The second-order valence-electron chi connectivity index (χ2n) is 8.13. The highest BCUT2D eigenvalue weighted by Gasteiger charge is 2.37. The third-order valence-corrected chi connectivity index (χ3v) is 6.22. The van der Waals surface area contributed by atoms with E-state index in [2.05, 4.69) is 4.98 Å². The molecule has 0 unspecified atom stereocenters. The molecule has 1 atom stereocenters. The summed E-state index contributed by atoms with van der Waals surface area (Å²) >= 11 is 6.11. The number of nitrogens with zero attached hydrogens (tertiary/aromatic N) is 2. The molecule has 0 bridgehead atoms. The standard InChI is InChI=1S/C26H22ClFN2O5/c1-32-22-9-6-16-13-30(26-29-20-8-7-18(28)11-23(20)35-26)21(25(31)33-2)12-19(16)24(22)34-14-15-4-3-5-17(27)10-15/h3-11,21H,12-14H2,1-2H3/t21-/m0/s1. The van der Waals surface area contributed by atoms with Gasteiger partial charge in [-0.2, -0.15) is 4.98 Å². The van der Waals surface area contributed by atoms with Crippen molar-refractivity contribution in [3.63, 3.8) is 0 Å². The molecule has 5 rings (SSSR count). The van der Waals surface area contributed by atoms with E-state index in [9.17, 15) is 9.18 Å². The van der Waals surface area contributed by atoms with E-state index in [1.165, 1.54) is 25.3 Å². The molecule has 1 aliphatic rings. The van der Waals surface area contributed by atoms with Crippen molar-refractivity contribution in [3.8, 4) is 11.5 Å². The van der Waals surface area contributed by atoms with Crippen molar-refractivity contribution in [1.29, 1.82) is 0 Å². The quantitative estimate of drug-likeness (QED) is 0.335. The second-order valence-corrected chi connectivity index (χ2v) is 8.57. The van der Waals surface area contributed by atoms with Gasteiger partial charge in [-0.1, -0.05) is 29.8 Å². The van der Waals surface area contributed by atoms with Gasteiger partial charge < -0.3 is 23.5 Å². The van der Waals surface area contributed by atoms with Gasteiger partial charge in [0.25, 0.3) is 6.01 Å². The lowest BCUT2D eigenvalue weighted by Gasteiger charge is -2.35. The molecule has 0 fully saturated rings. The van der Waals surface area contributed by atoms with Gasteiger partial charge in [0.2, 0.25) is 0 Å². The Morgan fingerprint density at radius 3 is 2.83 bits per heavy atom. The van der Waals surface area contributed by atoms with Gasteiger partial charge >= 0.3 is 5.97 Å². The Morgan fingerprint density at radius 1 is 1.20 bits per heavy atom. The molecule has 3 aromatic carbocycles. The largest absolute Gasteiger partial charge is 0.493 e. The SMILES string of the molecule is COC(=O)[C@@H]1Cc2c(ccc(OC)c2OCc2cccc(Cl)c2)CN1c1nc2ccc(F)cc2o1. The molecular formula is C26H22ClFN2O5. The number of fused-ring (bicyclic) bond motifs is 2. The van der Waals surface area contributed by atoms with Gasteiger partial charge in [0.1, 0.15) is 24.0 Å². The van der Waals surface area contributed by atoms with Gasteiger partial charge in [0.15, 0.2) is 17.1 Å². The van der Waals surface area contributed by atoms with Crippen LogP contribution in [0.4, 0.5) is 10.4 Å². The Labute approximate surface area is 206 Å². The van der Waals surface area contributed by atoms with Crippen LogP contribution in [0.15, 0.2) is 59.0 Å². The first kappa shape index (κ1) is 23.0. The summed E-state index contributed by atoms with van der Waals surface area (Å²) in [6.07, 6.45) is 0.275. The van der Waals surface area contributed by atoms with E-state index in [1.807, 2.05) is 30.3 Å². The number of carbonyl (C=O) groups excluding carboxylic acids is 1. The number of esters is 1. The molecule has 0 N–H and O–H groups in total. The van der Waals surface area contributed by atoms with Crippen LogP contribution in [0.2, 0.25) is 5.02 Å². The summed E-state index contributed by atoms with van der Waals surface area (Å²) in [5.41, 5.74) is 3.45. The predicted molar refractivity (Wildman–Crippen MR) is 128 cm³/mol. The number of hydrogen-bond donors (Lipinski definition) is 0. The number of benzene rings is 3. The third-order valence-electron chi connectivity index (χ3n) is 5.99. The fourth-order valence-corrected chi connectivity index (χ4v) is 4.49. The monoisotopic (exact) mass is 496 g/mol. The van der Waals surface area contributed by atoms with E-state index in [1.54, 1.807) is 18.1 Å². The smallest absolute Gasteiger partial charge is 0.329 e. The van der Waals surface area contributed by atoms with Crippen molar-refractivity contribution in [2.24, 2.45) is 0 Å². The minimum Gasteiger partial charge on any atom is -0.493 e. The molecule has 180 valence electrons. The van der Waals surface area contributed by atoms with Gasteiger partial charge in [-0.3, -0.25) is 0 Å². The zero-order chi connectivity index (χ0) is 24.5. The number of halogens is 2. The van der Waals surface area contributed by atoms with E-state index in [0.29, 0.717) is 34.2 Å². The molecule has 1 aromatic heterocycles. The van der Waals surface area contributed by atoms with Gasteiger partial charge in [-0.15, -0.1) is 0 Å². The van der Waals surface area contributed by atoms with Crippen molar-refractivity contribution < 1.29 is 27.8 Å². The van der Waals surface area contributed by atoms with E-state index >= 15 is 0 Å². The zero-order valence-corrected chi connectivity index (χ0v) is 19.8. The Hall–Kier alpha value is -3.78. The number of aromatic nitrogens is 1. The second kappa shape index (κ2) is 9.46. The Kier molecular flexibility index (Phi) is 6.21. The maximum atomic E-state index is 13.7. The van der Waals surface area contributed by atoms with E-state index < -0.39 is 17.8 Å². The first-order valence-electron chi connectivity index (χ1n) is 10.9. The lowest BCUT2D eigenvalue weighted by Crippen LogP contribution is -2.46. The number of hydrogen-bond acceptors (Lipinski definition) is 7. The molecule has 1 aliphatic heterocycles. The van der Waals surface area contributed by atoms with E-state index in [-0.39, 0.29) is 19.0 Å². The lowest BCUT2D eigenvalue weighted by atomic mass is 9.92. The van der Waals surface area contributed by atoms with Crippen LogP contribution in [0.1, 0.15) is 16.7 Å². The average molecular weight is 497 g/mol. The van der Waals surface area contributed by atoms with Crippen LogP contribution in [-0.2, 0) is 29.1 Å². The normalized spacial score (nSPS) is 15.1. The fraction of sp³-hybridized carbons (Fsp3) is 0.231. The predicted octanol–water partition coefficient (Wildman–Crippen LogP) is 5.31. The molecule has 0 spiro atoms. The number of ether oxygens (including phenoxy) is 3. The summed E-state index contributed by atoms with van der Waals surface area (Å²) < 4.78 is 36.3. The molecule has 2 heterocycles. The number of carbonyl (C=O) groups is 1. The number of anilines is 1. The highest BCUT2D eigenvalue weighted by molar-refractivity contribution is 6.30. The molecular weight excluding hydrogens is 475 g/mol. The van der Waals surface area contributed by atoms with Gasteiger partial charge in [-0.05, 0) is 41.5 Å². The molecule has 0 aliphatic carbocycles. The van der Waals surface area contributed by atoms with Crippen molar-refractivity contribution in [2.45, 2.75) is 25.6 Å². The summed E-state index contributed by atoms with van der Waals surface area (Å²) in [6.45, 7) is 0.582. The van der Waals surface area contributed by atoms with Gasteiger partial charge in [0.05, 0.1) is 14.2 Å². The number of methoxy groups -OCH3 is 2. The summed E-state index contributed by atoms with van der Waals surface area (Å²) in [5.74, 6) is 0.230. The van der Waals surface area contributed by atoms with Crippen LogP contribution in [-0.4, -0.2) is 31.2 Å². The Bertz CT molecular complexity index is 1410. The third kappa shape index (κ3) is 4.49. The van der Waals surface area contributed by atoms with Crippen molar-refractivity contribution in [1.82, 2.24) is 4.98 Å². The minimum atomic E-state index is -0.731. The Balaban J connectivity index is 1.52. The molecule has 0 saturated carbocycles. The molecule has 9 heteroatoms. The first-order valence-corrected chi connectivity index (χ1v) is 11.3. The summed E-state index contributed by atoms with van der Waals surface area (Å²) in [6, 6.07) is 14.7. The van der Waals surface area contributed by atoms with Crippen LogP contribution in [0, 0.1) is 5.82 Å². The zero-order valence-electron chi connectivity index (χ0n) is 19.1. The van der Waals surface area contributed by atoms with Crippen LogP contribution in [0.3, 0.4) is 0 Å². The highest BCUT2D eigenvalue weighted by Crippen LogP contribution is 2.40. The van der Waals surface area contributed by atoms with Crippen molar-refractivity contribution >= 4 is 34.7 Å². The van der Waals surface area contributed by atoms with Crippen LogP contribution in [0.25, 0.3) is 11.1 Å². The van der Waals surface area contributed by atoms with Crippen LogP contribution in [0.5, 0.6) is 11.5 Å². The lowest BCUT2D eigenvalue weighted by molar-refractivity contribution is -0.142. The molecule has 35 heavy (non-hydrogen) atoms. The van der Waals surface area contributed by atoms with Crippen molar-refractivity contribution in [2.75, 3.05) is 19.1 Å². The van der Waals surface area contributed by atoms with Gasteiger partial charge in [0, 0.05) is 29.6 Å². The van der Waals surface area contributed by atoms with E-state index in [4.69, 9.17) is 30.2 Å². The number of oxazole rings is 1. The molecule has 4 aromatic rings. The summed E-state index contributed by atoms with van der Waals surface area (Å²) in [7, 11) is 2.90. The van der Waals surface area contributed by atoms with Crippen molar-refractivity contribution in [3.05, 3.63) is 82.1 Å². The van der Waals surface area contributed by atoms with Crippen LogP contribution >= 0.6 is 11.6 Å². The fourth-order valence-electron chi connectivity index (χ4n) is 4.27. The first-order chi connectivity index (χ1) is 17.0. The summed E-state index contributed by atoms with van der Waals surface area (Å²) in [5, 5.41) is 0.618. The Morgan fingerprint density at radius 2 is 2.06 bits per heavy atom. The van der Waals surface area contributed by atoms with Crippen LogP contribution < -0.4 is 14.4 Å². The minimum absolute atomic E-state index is 0.212. The maximum Gasteiger partial charge on any atom is 0.329 e. The van der Waals surface area contributed by atoms with E-state index in [0.717, 1.165) is 16.7 Å². The van der Waals surface area contributed by atoms with Gasteiger partial charge in [-0.25, -0.2) is 9.18 Å².